The fourth-order valence-corrected chi connectivity index (χ4v) is 2.89. The van der Waals surface area contributed by atoms with Crippen LogP contribution in [0.3, 0.4) is 0 Å². The summed E-state index contributed by atoms with van der Waals surface area (Å²) in [6.07, 6.45) is 1.28. The standard InChI is InChI=1S/C18H26N2O2/c1-5-18(4)17(22)20(12-14-9-7-6-8-10-14)15(11-13(2)3)16(21)19-18/h6-10,13,15H,5,11-12H2,1-4H3,(H,19,21). The molecule has 1 aromatic rings. The van der Waals surface area contributed by atoms with Gasteiger partial charge in [0.1, 0.15) is 11.6 Å². The molecule has 0 aliphatic carbocycles. The second-order valence-electron chi connectivity index (χ2n) is 6.74. The molecule has 2 amide bonds. The van der Waals surface area contributed by atoms with Gasteiger partial charge in [0, 0.05) is 6.54 Å². The van der Waals surface area contributed by atoms with Gasteiger partial charge in [0.25, 0.3) is 0 Å². The molecule has 4 heteroatoms. The SMILES string of the molecule is CCC1(C)NC(=O)C(CC(C)C)N(Cc2ccccc2)C1=O. The van der Waals surface area contributed by atoms with E-state index in [9.17, 15) is 9.59 Å². The molecule has 0 bridgehead atoms. The lowest BCUT2D eigenvalue weighted by molar-refractivity contribution is -0.155. The van der Waals surface area contributed by atoms with Crippen LogP contribution in [0.4, 0.5) is 0 Å². The maximum Gasteiger partial charge on any atom is 0.249 e. The van der Waals surface area contributed by atoms with Crippen LogP contribution < -0.4 is 5.32 Å². The van der Waals surface area contributed by atoms with Gasteiger partial charge in [-0.25, -0.2) is 0 Å². The number of nitrogens with one attached hydrogen (secondary N) is 1. The van der Waals surface area contributed by atoms with Crippen molar-refractivity contribution in [2.75, 3.05) is 0 Å². The molecule has 0 spiro atoms. The minimum absolute atomic E-state index is 0.0177. The Morgan fingerprint density at radius 2 is 1.86 bits per heavy atom. The normalized spacial score (nSPS) is 25.5. The highest BCUT2D eigenvalue weighted by molar-refractivity contribution is 5.99. The number of amides is 2. The number of hydrogen-bond acceptors (Lipinski definition) is 2. The van der Waals surface area contributed by atoms with Crippen molar-refractivity contribution in [1.29, 1.82) is 0 Å². The predicted octanol–water partition coefficient (Wildman–Crippen LogP) is 2.73. The molecule has 1 saturated heterocycles. The van der Waals surface area contributed by atoms with Crippen molar-refractivity contribution in [3.8, 4) is 0 Å². The number of piperazine rings is 1. The van der Waals surface area contributed by atoms with E-state index in [-0.39, 0.29) is 17.9 Å². The van der Waals surface area contributed by atoms with Crippen molar-refractivity contribution in [3.05, 3.63) is 35.9 Å². The van der Waals surface area contributed by atoms with E-state index in [2.05, 4.69) is 19.2 Å². The van der Waals surface area contributed by atoms with Gasteiger partial charge >= 0.3 is 0 Å². The highest BCUT2D eigenvalue weighted by atomic mass is 16.2. The molecule has 0 saturated carbocycles. The van der Waals surface area contributed by atoms with Gasteiger partial charge in [0.05, 0.1) is 0 Å². The fourth-order valence-electron chi connectivity index (χ4n) is 2.89. The van der Waals surface area contributed by atoms with E-state index in [0.717, 1.165) is 5.56 Å². The van der Waals surface area contributed by atoms with Crippen LogP contribution in [-0.4, -0.2) is 28.3 Å². The van der Waals surface area contributed by atoms with E-state index in [4.69, 9.17) is 0 Å². The van der Waals surface area contributed by atoms with Crippen molar-refractivity contribution >= 4 is 11.8 Å². The molecule has 1 heterocycles. The maximum atomic E-state index is 12.9. The molecule has 4 nitrogen and oxygen atoms in total. The van der Waals surface area contributed by atoms with E-state index in [1.165, 1.54) is 0 Å². The minimum atomic E-state index is -0.792. The smallest absolute Gasteiger partial charge is 0.249 e. The number of nitrogens with zero attached hydrogens (tertiary/aromatic N) is 1. The number of carbonyl (C=O) groups is 2. The maximum absolute atomic E-state index is 12.9. The van der Waals surface area contributed by atoms with Gasteiger partial charge in [-0.15, -0.1) is 0 Å². The Balaban J connectivity index is 2.32. The zero-order chi connectivity index (χ0) is 16.3. The summed E-state index contributed by atoms with van der Waals surface area (Å²) < 4.78 is 0. The van der Waals surface area contributed by atoms with Crippen molar-refractivity contribution in [2.24, 2.45) is 5.92 Å². The summed E-state index contributed by atoms with van der Waals surface area (Å²) in [4.78, 5) is 27.2. The van der Waals surface area contributed by atoms with Crippen LogP contribution in [-0.2, 0) is 16.1 Å². The van der Waals surface area contributed by atoms with Crippen molar-refractivity contribution < 1.29 is 9.59 Å². The Morgan fingerprint density at radius 1 is 1.23 bits per heavy atom. The number of rotatable bonds is 5. The summed E-state index contributed by atoms with van der Waals surface area (Å²) in [5, 5.41) is 2.93. The van der Waals surface area contributed by atoms with Crippen LogP contribution in [0.1, 0.15) is 46.1 Å². The number of benzene rings is 1. The predicted molar refractivity (Wildman–Crippen MR) is 87.1 cm³/mol. The van der Waals surface area contributed by atoms with Crippen LogP contribution >= 0.6 is 0 Å². The Labute approximate surface area is 132 Å². The molecule has 1 N–H and O–H groups in total. The molecule has 0 aromatic heterocycles. The van der Waals surface area contributed by atoms with E-state index < -0.39 is 5.54 Å². The number of hydrogen-bond donors (Lipinski definition) is 1. The van der Waals surface area contributed by atoms with Crippen molar-refractivity contribution in [3.63, 3.8) is 0 Å². The van der Waals surface area contributed by atoms with Crippen LogP contribution in [0, 0.1) is 5.92 Å². The molecular formula is C18H26N2O2. The molecule has 1 fully saturated rings. The van der Waals surface area contributed by atoms with Gasteiger partial charge in [-0.2, -0.15) is 0 Å². The first-order chi connectivity index (χ1) is 10.4. The van der Waals surface area contributed by atoms with Crippen LogP contribution in [0.25, 0.3) is 0 Å². The van der Waals surface area contributed by atoms with E-state index in [1.807, 2.05) is 44.2 Å². The van der Waals surface area contributed by atoms with Gasteiger partial charge in [0.2, 0.25) is 11.8 Å². The molecular weight excluding hydrogens is 276 g/mol. The molecule has 120 valence electrons. The fraction of sp³-hybridized carbons (Fsp3) is 0.556. The van der Waals surface area contributed by atoms with Gasteiger partial charge < -0.3 is 10.2 Å². The molecule has 0 radical (unpaired) electrons. The van der Waals surface area contributed by atoms with Gasteiger partial charge in [-0.05, 0) is 31.2 Å². The van der Waals surface area contributed by atoms with Crippen LogP contribution in [0.2, 0.25) is 0 Å². The lowest BCUT2D eigenvalue weighted by Crippen LogP contribution is -2.68. The highest BCUT2D eigenvalue weighted by Crippen LogP contribution is 2.26. The molecule has 2 rings (SSSR count). The largest absolute Gasteiger partial charge is 0.340 e. The molecule has 2 unspecified atom stereocenters. The third kappa shape index (κ3) is 3.32. The summed E-state index contributed by atoms with van der Waals surface area (Å²) in [5.41, 5.74) is 0.261. The van der Waals surface area contributed by atoms with Gasteiger partial charge in [0.15, 0.2) is 0 Å². The third-order valence-corrected chi connectivity index (χ3v) is 4.41. The Kier molecular flexibility index (Phi) is 4.89. The average Bonchev–Trinajstić information content (AvgIpc) is 2.49. The first kappa shape index (κ1) is 16.5. The monoisotopic (exact) mass is 302 g/mol. The van der Waals surface area contributed by atoms with Crippen LogP contribution in [0.15, 0.2) is 30.3 Å². The summed E-state index contributed by atoms with van der Waals surface area (Å²) in [6.45, 7) is 8.39. The minimum Gasteiger partial charge on any atom is -0.340 e. The summed E-state index contributed by atoms with van der Waals surface area (Å²) >= 11 is 0. The first-order valence-electron chi connectivity index (χ1n) is 8.04. The van der Waals surface area contributed by atoms with Gasteiger partial charge in [-0.1, -0.05) is 51.1 Å². The first-order valence-corrected chi connectivity index (χ1v) is 8.04. The molecule has 1 aliphatic heterocycles. The molecule has 1 aliphatic rings. The van der Waals surface area contributed by atoms with Gasteiger partial charge in [-0.3, -0.25) is 9.59 Å². The second-order valence-corrected chi connectivity index (χ2v) is 6.74. The quantitative estimate of drug-likeness (QED) is 0.909. The van der Waals surface area contributed by atoms with E-state index >= 15 is 0 Å². The van der Waals surface area contributed by atoms with Crippen molar-refractivity contribution in [1.82, 2.24) is 10.2 Å². The molecule has 1 aromatic carbocycles. The summed E-state index contributed by atoms with van der Waals surface area (Å²) in [6, 6.07) is 9.48. The zero-order valence-electron chi connectivity index (χ0n) is 13.9. The average molecular weight is 302 g/mol. The van der Waals surface area contributed by atoms with Crippen molar-refractivity contribution in [2.45, 2.75) is 58.7 Å². The summed E-state index contributed by atoms with van der Waals surface area (Å²) in [7, 11) is 0. The summed E-state index contributed by atoms with van der Waals surface area (Å²) in [5.74, 6) is 0.338. The Morgan fingerprint density at radius 3 is 2.41 bits per heavy atom. The molecule has 2 atom stereocenters. The topological polar surface area (TPSA) is 49.4 Å². The Bertz CT molecular complexity index is 541. The highest BCUT2D eigenvalue weighted by Gasteiger charge is 2.46. The van der Waals surface area contributed by atoms with Crippen LogP contribution in [0.5, 0.6) is 0 Å². The van der Waals surface area contributed by atoms with E-state index in [0.29, 0.717) is 25.3 Å². The Hall–Kier alpha value is -1.84. The number of carbonyl (C=O) groups excluding carboxylic acids is 2. The lowest BCUT2D eigenvalue weighted by atomic mass is 9.89. The van der Waals surface area contributed by atoms with E-state index in [1.54, 1.807) is 4.90 Å². The third-order valence-electron chi connectivity index (χ3n) is 4.41. The lowest BCUT2D eigenvalue weighted by Gasteiger charge is -2.44. The zero-order valence-corrected chi connectivity index (χ0v) is 13.9. The second kappa shape index (κ2) is 6.51. The molecule has 22 heavy (non-hydrogen) atoms.